The number of hydrogen-bond donors (Lipinski definition) is 1. The number of methoxy groups -OCH3 is 2. The summed E-state index contributed by atoms with van der Waals surface area (Å²) in [6.07, 6.45) is 0. The lowest BCUT2D eigenvalue weighted by Gasteiger charge is -2.13. The Morgan fingerprint density at radius 3 is 2.19 bits per heavy atom. The van der Waals surface area contributed by atoms with E-state index >= 15 is 0 Å². The molecule has 0 saturated heterocycles. The first-order valence-electron chi connectivity index (χ1n) is 7.84. The van der Waals surface area contributed by atoms with Crippen molar-refractivity contribution < 1.29 is 28.5 Å². The molecule has 0 aliphatic heterocycles. The van der Waals surface area contributed by atoms with Gasteiger partial charge in [0.15, 0.2) is 18.1 Å². The van der Waals surface area contributed by atoms with Crippen molar-refractivity contribution in [3.8, 4) is 17.2 Å². The Balaban J connectivity index is 2.01. The minimum Gasteiger partial charge on any atom is -0.493 e. The SMILES string of the molecule is COc1cc(C)c(COC(=O)c2ccc(OCC(N)=O)cc2)cc1OC. The Morgan fingerprint density at radius 2 is 1.62 bits per heavy atom. The molecule has 0 aromatic heterocycles. The van der Waals surface area contributed by atoms with Crippen LogP contribution in [0, 0.1) is 6.92 Å². The maximum absolute atomic E-state index is 12.2. The molecule has 0 spiro atoms. The minimum atomic E-state index is -0.571. The summed E-state index contributed by atoms with van der Waals surface area (Å²) in [5.74, 6) is 0.585. The van der Waals surface area contributed by atoms with E-state index in [1.807, 2.05) is 13.0 Å². The van der Waals surface area contributed by atoms with Crippen LogP contribution in [-0.4, -0.2) is 32.7 Å². The van der Waals surface area contributed by atoms with Gasteiger partial charge in [-0.25, -0.2) is 4.79 Å². The summed E-state index contributed by atoms with van der Waals surface area (Å²) in [6, 6.07) is 9.86. The van der Waals surface area contributed by atoms with Gasteiger partial charge >= 0.3 is 5.97 Å². The average Bonchev–Trinajstić information content (AvgIpc) is 2.65. The van der Waals surface area contributed by atoms with Gasteiger partial charge in [-0.2, -0.15) is 0 Å². The van der Waals surface area contributed by atoms with Gasteiger partial charge < -0.3 is 24.7 Å². The van der Waals surface area contributed by atoms with Crippen LogP contribution in [0.5, 0.6) is 17.2 Å². The van der Waals surface area contributed by atoms with Crippen LogP contribution < -0.4 is 19.9 Å². The van der Waals surface area contributed by atoms with Gasteiger partial charge in [-0.15, -0.1) is 0 Å². The number of nitrogens with two attached hydrogens (primary N) is 1. The number of rotatable bonds is 8. The third kappa shape index (κ3) is 4.89. The predicted molar refractivity (Wildman–Crippen MR) is 94.5 cm³/mol. The number of hydrogen-bond acceptors (Lipinski definition) is 6. The number of primary amides is 1. The molecule has 0 radical (unpaired) electrons. The van der Waals surface area contributed by atoms with E-state index in [0.29, 0.717) is 22.8 Å². The molecule has 0 atom stereocenters. The van der Waals surface area contributed by atoms with Crippen LogP contribution in [0.15, 0.2) is 36.4 Å². The lowest BCUT2D eigenvalue weighted by Crippen LogP contribution is -2.20. The maximum Gasteiger partial charge on any atom is 0.338 e. The van der Waals surface area contributed by atoms with Crippen molar-refractivity contribution in [2.75, 3.05) is 20.8 Å². The Bertz CT molecular complexity index is 785. The largest absolute Gasteiger partial charge is 0.493 e. The van der Waals surface area contributed by atoms with Gasteiger partial charge in [-0.3, -0.25) is 4.79 Å². The zero-order valence-corrected chi connectivity index (χ0v) is 14.9. The molecule has 2 aromatic carbocycles. The highest BCUT2D eigenvalue weighted by molar-refractivity contribution is 5.89. The Kier molecular flexibility index (Phi) is 6.43. The zero-order valence-electron chi connectivity index (χ0n) is 14.9. The predicted octanol–water partition coefficient (Wildman–Crippen LogP) is 2.23. The summed E-state index contributed by atoms with van der Waals surface area (Å²) in [5.41, 5.74) is 7.12. The van der Waals surface area contributed by atoms with Crippen LogP contribution in [0.4, 0.5) is 0 Å². The second-order valence-electron chi connectivity index (χ2n) is 5.49. The summed E-state index contributed by atoms with van der Waals surface area (Å²) >= 11 is 0. The van der Waals surface area contributed by atoms with Crippen LogP contribution in [0.25, 0.3) is 0 Å². The van der Waals surface area contributed by atoms with Crippen molar-refractivity contribution in [2.24, 2.45) is 5.73 Å². The molecule has 1 amide bonds. The van der Waals surface area contributed by atoms with E-state index in [1.165, 1.54) is 0 Å². The van der Waals surface area contributed by atoms with Gasteiger partial charge in [0, 0.05) is 0 Å². The number of ether oxygens (including phenoxy) is 4. The van der Waals surface area contributed by atoms with Crippen molar-refractivity contribution in [3.05, 3.63) is 53.1 Å². The van der Waals surface area contributed by atoms with E-state index in [1.54, 1.807) is 44.6 Å². The number of carbonyl (C=O) groups excluding carboxylic acids is 2. The van der Waals surface area contributed by atoms with E-state index in [0.717, 1.165) is 11.1 Å². The van der Waals surface area contributed by atoms with Gasteiger partial charge in [0.2, 0.25) is 0 Å². The Hall–Kier alpha value is -3.22. The Labute approximate surface area is 151 Å². The molecule has 0 fully saturated rings. The summed E-state index contributed by atoms with van der Waals surface area (Å²) in [6.45, 7) is 1.78. The lowest BCUT2D eigenvalue weighted by atomic mass is 10.1. The summed E-state index contributed by atoms with van der Waals surface area (Å²) in [5, 5.41) is 0. The van der Waals surface area contributed by atoms with Gasteiger partial charge in [0.1, 0.15) is 12.4 Å². The second kappa shape index (κ2) is 8.75. The van der Waals surface area contributed by atoms with Gasteiger partial charge in [-0.05, 0) is 54.4 Å². The first-order valence-corrected chi connectivity index (χ1v) is 7.84. The molecule has 0 aliphatic rings. The topological polar surface area (TPSA) is 97.1 Å². The van der Waals surface area contributed by atoms with Crippen LogP contribution in [0.3, 0.4) is 0 Å². The third-order valence-corrected chi connectivity index (χ3v) is 3.67. The fraction of sp³-hybridized carbons (Fsp3) is 0.263. The molecular weight excluding hydrogens is 338 g/mol. The van der Waals surface area contributed by atoms with Crippen molar-refractivity contribution >= 4 is 11.9 Å². The first-order chi connectivity index (χ1) is 12.4. The summed E-state index contributed by atoms with van der Waals surface area (Å²) < 4.78 is 21.0. The molecule has 26 heavy (non-hydrogen) atoms. The standard InChI is InChI=1S/C19H21NO6/c1-12-8-16(23-2)17(24-3)9-14(12)10-26-19(22)13-4-6-15(7-5-13)25-11-18(20)21/h4-9H,10-11H2,1-3H3,(H2,20,21). The number of esters is 1. The highest BCUT2D eigenvalue weighted by atomic mass is 16.5. The average molecular weight is 359 g/mol. The third-order valence-electron chi connectivity index (χ3n) is 3.67. The maximum atomic E-state index is 12.2. The van der Waals surface area contributed by atoms with E-state index in [9.17, 15) is 9.59 Å². The molecule has 0 heterocycles. The second-order valence-corrected chi connectivity index (χ2v) is 5.49. The molecule has 2 rings (SSSR count). The molecule has 0 saturated carbocycles. The smallest absolute Gasteiger partial charge is 0.338 e. The van der Waals surface area contributed by atoms with E-state index in [-0.39, 0.29) is 13.2 Å². The van der Waals surface area contributed by atoms with Crippen LogP contribution in [-0.2, 0) is 16.1 Å². The van der Waals surface area contributed by atoms with E-state index < -0.39 is 11.9 Å². The van der Waals surface area contributed by atoms with Crippen LogP contribution >= 0.6 is 0 Å². The van der Waals surface area contributed by atoms with E-state index in [4.69, 9.17) is 24.7 Å². The molecule has 2 N–H and O–H groups in total. The van der Waals surface area contributed by atoms with Crippen molar-refractivity contribution in [1.82, 2.24) is 0 Å². The monoisotopic (exact) mass is 359 g/mol. The van der Waals surface area contributed by atoms with Crippen molar-refractivity contribution in [1.29, 1.82) is 0 Å². The van der Waals surface area contributed by atoms with Gasteiger partial charge in [0.25, 0.3) is 5.91 Å². The number of amides is 1. The number of carbonyl (C=O) groups is 2. The fourth-order valence-electron chi connectivity index (χ4n) is 2.25. The van der Waals surface area contributed by atoms with Crippen molar-refractivity contribution in [2.45, 2.75) is 13.5 Å². The molecule has 138 valence electrons. The molecule has 2 aromatic rings. The molecule has 0 aliphatic carbocycles. The molecule has 7 heteroatoms. The Morgan fingerprint density at radius 1 is 1.00 bits per heavy atom. The molecular formula is C19H21NO6. The van der Waals surface area contributed by atoms with Gasteiger partial charge in [-0.1, -0.05) is 0 Å². The first kappa shape index (κ1) is 19.1. The highest BCUT2D eigenvalue weighted by Gasteiger charge is 2.12. The fourth-order valence-corrected chi connectivity index (χ4v) is 2.25. The van der Waals surface area contributed by atoms with E-state index in [2.05, 4.69) is 0 Å². The van der Waals surface area contributed by atoms with Crippen LogP contribution in [0.1, 0.15) is 21.5 Å². The quantitative estimate of drug-likeness (QED) is 0.726. The molecule has 7 nitrogen and oxygen atoms in total. The zero-order chi connectivity index (χ0) is 19.1. The van der Waals surface area contributed by atoms with Gasteiger partial charge in [0.05, 0.1) is 19.8 Å². The van der Waals surface area contributed by atoms with Crippen LogP contribution in [0.2, 0.25) is 0 Å². The summed E-state index contributed by atoms with van der Waals surface area (Å²) in [7, 11) is 3.11. The highest BCUT2D eigenvalue weighted by Crippen LogP contribution is 2.30. The normalized spacial score (nSPS) is 10.1. The lowest BCUT2D eigenvalue weighted by molar-refractivity contribution is -0.119. The van der Waals surface area contributed by atoms with Crippen molar-refractivity contribution in [3.63, 3.8) is 0 Å². The summed E-state index contributed by atoms with van der Waals surface area (Å²) in [4.78, 5) is 22.9. The minimum absolute atomic E-state index is 0.102. The number of aryl methyl sites for hydroxylation is 1. The molecule has 0 bridgehead atoms. The number of benzene rings is 2. The molecule has 0 unspecified atom stereocenters.